The Hall–Kier alpha value is -1.35. The van der Waals surface area contributed by atoms with Crippen LogP contribution in [0.2, 0.25) is 0 Å². The van der Waals surface area contributed by atoms with E-state index in [4.69, 9.17) is 0 Å². The normalized spacial score (nSPS) is 18.9. The number of carbonyl (C=O) groups is 1. The number of rotatable bonds is 4. The van der Waals surface area contributed by atoms with Gasteiger partial charge in [-0.3, -0.25) is 4.79 Å². The molecule has 1 amide bonds. The SMILES string of the molecule is CCc1cccc2c1N(C)C(=O)CC2CCNC. The highest BCUT2D eigenvalue weighted by Crippen LogP contribution is 2.39. The monoisotopic (exact) mass is 246 g/mol. The molecule has 18 heavy (non-hydrogen) atoms. The van der Waals surface area contributed by atoms with Gasteiger partial charge in [0.2, 0.25) is 5.91 Å². The number of amides is 1. The summed E-state index contributed by atoms with van der Waals surface area (Å²) in [6, 6.07) is 6.43. The topological polar surface area (TPSA) is 32.3 Å². The van der Waals surface area contributed by atoms with Crippen LogP contribution in [0, 0.1) is 0 Å². The summed E-state index contributed by atoms with van der Waals surface area (Å²) in [7, 11) is 3.86. The molecule has 0 saturated carbocycles. The minimum absolute atomic E-state index is 0.240. The van der Waals surface area contributed by atoms with Gasteiger partial charge in [0.15, 0.2) is 0 Å². The fraction of sp³-hybridized carbons (Fsp3) is 0.533. The number of fused-ring (bicyclic) bond motifs is 1. The van der Waals surface area contributed by atoms with Crippen LogP contribution in [-0.2, 0) is 11.2 Å². The predicted octanol–water partition coefficient (Wildman–Crippen LogP) is 2.31. The third-order valence-electron chi connectivity index (χ3n) is 3.84. The minimum atomic E-state index is 0.240. The van der Waals surface area contributed by atoms with Crippen molar-refractivity contribution in [1.29, 1.82) is 0 Å². The van der Waals surface area contributed by atoms with Crippen molar-refractivity contribution in [3.63, 3.8) is 0 Å². The lowest BCUT2D eigenvalue weighted by molar-refractivity contribution is -0.119. The van der Waals surface area contributed by atoms with Crippen LogP contribution in [0.1, 0.15) is 36.8 Å². The smallest absolute Gasteiger partial charge is 0.227 e. The summed E-state index contributed by atoms with van der Waals surface area (Å²) in [5.41, 5.74) is 3.77. The van der Waals surface area contributed by atoms with Gasteiger partial charge in [0.05, 0.1) is 0 Å². The van der Waals surface area contributed by atoms with Gasteiger partial charge in [0, 0.05) is 19.2 Å². The minimum Gasteiger partial charge on any atom is -0.320 e. The van der Waals surface area contributed by atoms with E-state index in [9.17, 15) is 4.79 Å². The highest BCUT2D eigenvalue weighted by atomic mass is 16.2. The predicted molar refractivity (Wildman–Crippen MR) is 75.1 cm³/mol. The summed E-state index contributed by atoms with van der Waals surface area (Å²) in [5.74, 6) is 0.604. The van der Waals surface area contributed by atoms with Gasteiger partial charge in [-0.15, -0.1) is 0 Å². The maximum absolute atomic E-state index is 12.1. The summed E-state index contributed by atoms with van der Waals surface area (Å²) in [5, 5.41) is 3.18. The third kappa shape index (κ3) is 2.27. The van der Waals surface area contributed by atoms with Crippen LogP contribution in [0.25, 0.3) is 0 Å². The van der Waals surface area contributed by atoms with Crippen molar-refractivity contribution in [2.24, 2.45) is 0 Å². The van der Waals surface area contributed by atoms with Gasteiger partial charge in [-0.1, -0.05) is 25.1 Å². The van der Waals surface area contributed by atoms with Crippen molar-refractivity contribution < 1.29 is 4.79 Å². The molecule has 0 radical (unpaired) electrons. The van der Waals surface area contributed by atoms with Gasteiger partial charge in [0.25, 0.3) is 0 Å². The summed E-state index contributed by atoms with van der Waals surface area (Å²) < 4.78 is 0. The zero-order chi connectivity index (χ0) is 13.1. The number of hydrogen-bond acceptors (Lipinski definition) is 2. The van der Waals surface area contributed by atoms with E-state index < -0.39 is 0 Å². The molecule has 0 aromatic heterocycles. The summed E-state index contributed by atoms with van der Waals surface area (Å²) in [6.45, 7) is 3.10. The summed E-state index contributed by atoms with van der Waals surface area (Å²) in [4.78, 5) is 13.9. The number of para-hydroxylation sites is 1. The van der Waals surface area contributed by atoms with Crippen LogP contribution in [-0.4, -0.2) is 26.5 Å². The Morgan fingerprint density at radius 3 is 2.89 bits per heavy atom. The maximum Gasteiger partial charge on any atom is 0.227 e. The van der Waals surface area contributed by atoms with E-state index in [0.29, 0.717) is 12.3 Å². The number of nitrogens with zero attached hydrogens (tertiary/aromatic N) is 1. The fourth-order valence-electron chi connectivity index (χ4n) is 2.79. The van der Waals surface area contributed by atoms with Crippen molar-refractivity contribution in [2.45, 2.75) is 32.1 Å². The van der Waals surface area contributed by atoms with Crippen molar-refractivity contribution in [1.82, 2.24) is 5.32 Å². The second-order valence-electron chi connectivity index (χ2n) is 4.95. The first-order chi connectivity index (χ1) is 8.69. The lowest BCUT2D eigenvalue weighted by Gasteiger charge is -2.33. The summed E-state index contributed by atoms with van der Waals surface area (Å²) >= 11 is 0. The Balaban J connectivity index is 2.41. The average molecular weight is 246 g/mol. The second kappa shape index (κ2) is 5.53. The molecule has 0 aliphatic carbocycles. The van der Waals surface area contributed by atoms with Gasteiger partial charge in [-0.05, 0) is 43.5 Å². The number of aryl methyl sites for hydroxylation is 1. The molecule has 3 nitrogen and oxygen atoms in total. The van der Waals surface area contributed by atoms with Crippen LogP contribution in [0.4, 0.5) is 5.69 Å². The van der Waals surface area contributed by atoms with Crippen LogP contribution in [0.5, 0.6) is 0 Å². The molecule has 1 aliphatic heterocycles. The molecule has 1 unspecified atom stereocenters. The second-order valence-corrected chi connectivity index (χ2v) is 4.95. The van der Waals surface area contributed by atoms with E-state index in [1.165, 1.54) is 11.1 Å². The lowest BCUT2D eigenvalue weighted by Crippen LogP contribution is -2.34. The van der Waals surface area contributed by atoms with E-state index in [2.05, 4.69) is 30.4 Å². The van der Waals surface area contributed by atoms with E-state index >= 15 is 0 Å². The van der Waals surface area contributed by atoms with Crippen molar-refractivity contribution >= 4 is 11.6 Å². The maximum atomic E-state index is 12.1. The van der Waals surface area contributed by atoms with E-state index in [1.807, 2.05) is 19.0 Å². The molecule has 0 spiro atoms. The molecule has 1 heterocycles. The molecule has 1 atom stereocenters. The highest BCUT2D eigenvalue weighted by molar-refractivity contribution is 5.97. The van der Waals surface area contributed by atoms with E-state index in [1.54, 1.807) is 0 Å². The first-order valence-corrected chi connectivity index (χ1v) is 6.72. The lowest BCUT2D eigenvalue weighted by atomic mass is 9.85. The molecule has 98 valence electrons. The quantitative estimate of drug-likeness (QED) is 0.884. The summed E-state index contributed by atoms with van der Waals surface area (Å²) in [6.07, 6.45) is 2.63. The Morgan fingerprint density at radius 2 is 2.22 bits per heavy atom. The number of benzene rings is 1. The Labute approximate surface area is 109 Å². The molecule has 1 aromatic rings. The molecular formula is C15H22N2O. The standard InChI is InChI=1S/C15H22N2O/c1-4-11-6-5-7-13-12(8-9-16-2)10-14(18)17(3)15(11)13/h5-7,12,16H,4,8-10H2,1-3H3. The Bertz CT molecular complexity index is 442. The molecule has 0 fully saturated rings. The molecule has 0 saturated heterocycles. The van der Waals surface area contributed by atoms with Crippen LogP contribution >= 0.6 is 0 Å². The Morgan fingerprint density at radius 1 is 1.44 bits per heavy atom. The average Bonchev–Trinajstić information content (AvgIpc) is 2.40. The van der Waals surface area contributed by atoms with Crippen LogP contribution in [0.15, 0.2) is 18.2 Å². The first-order valence-electron chi connectivity index (χ1n) is 6.72. The number of carbonyl (C=O) groups excluding carboxylic acids is 1. The van der Waals surface area contributed by atoms with Gasteiger partial charge < -0.3 is 10.2 Å². The number of nitrogens with one attached hydrogen (secondary N) is 1. The van der Waals surface area contributed by atoms with Crippen LogP contribution in [0.3, 0.4) is 0 Å². The van der Waals surface area contributed by atoms with E-state index in [-0.39, 0.29) is 5.91 Å². The highest BCUT2D eigenvalue weighted by Gasteiger charge is 2.29. The third-order valence-corrected chi connectivity index (χ3v) is 3.84. The van der Waals surface area contributed by atoms with Crippen molar-refractivity contribution in [2.75, 3.05) is 25.5 Å². The molecule has 1 aromatic carbocycles. The Kier molecular flexibility index (Phi) is 4.02. The largest absolute Gasteiger partial charge is 0.320 e. The zero-order valence-electron chi connectivity index (χ0n) is 11.5. The van der Waals surface area contributed by atoms with Gasteiger partial charge in [-0.2, -0.15) is 0 Å². The van der Waals surface area contributed by atoms with Crippen molar-refractivity contribution in [3.05, 3.63) is 29.3 Å². The number of hydrogen-bond donors (Lipinski definition) is 1. The van der Waals surface area contributed by atoms with Crippen molar-refractivity contribution in [3.8, 4) is 0 Å². The molecular weight excluding hydrogens is 224 g/mol. The van der Waals surface area contributed by atoms with Crippen LogP contribution < -0.4 is 10.2 Å². The number of anilines is 1. The first kappa shape index (κ1) is 13.1. The molecule has 2 rings (SSSR count). The fourth-order valence-corrected chi connectivity index (χ4v) is 2.79. The van der Waals surface area contributed by atoms with Gasteiger partial charge in [-0.25, -0.2) is 0 Å². The molecule has 1 N–H and O–H groups in total. The van der Waals surface area contributed by atoms with E-state index in [0.717, 1.165) is 25.1 Å². The van der Waals surface area contributed by atoms with Gasteiger partial charge >= 0.3 is 0 Å². The zero-order valence-corrected chi connectivity index (χ0v) is 11.5. The molecule has 3 heteroatoms. The molecule has 0 bridgehead atoms. The van der Waals surface area contributed by atoms with Gasteiger partial charge in [0.1, 0.15) is 0 Å². The molecule has 1 aliphatic rings.